The zero-order chi connectivity index (χ0) is 12.4. The number of rotatable bonds is 2. The molecule has 0 bridgehead atoms. The number of hydrogen-bond acceptors (Lipinski definition) is 1. The molecule has 0 saturated carbocycles. The molecule has 0 unspecified atom stereocenters. The summed E-state index contributed by atoms with van der Waals surface area (Å²) in [5, 5.41) is 1.23. The quantitative estimate of drug-likeness (QED) is 0.816. The molecule has 0 radical (unpaired) electrons. The molecule has 1 heterocycles. The SMILES string of the molecule is Cc1cccn(Cc2cc(Cl)ccc2Cl)c1=O. The van der Waals surface area contributed by atoms with Crippen molar-refractivity contribution in [2.24, 2.45) is 0 Å². The number of pyridine rings is 1. The lowest BCUT2D eigenvalue weighted by molar-refractivity contribution is 0.753. The molecule has 0 spiro atoms. The van der Waals surface area contributed by atoms with Gasteiger partial charge in [0.1, 0.15) is 0 Å². The Morgan fingerprint density at radius 3 is 2.76 bits per heavy atom. The predicted octanol–water partition coefficient (Wildman–Crippen LogP) is 3.51. The van der Waals surface area contributed by atoms with Gasteiger partial charge in [0.05, 0.1) is 6.54 Å². The molecule has 4 heteroatoms. The first-order chi connectivity index (χ1) is 8.08. The lowest BCUT2D eigenvalue weighted by Gasteiger charge is -2.08. The van der Waals surface area contributed by atoms with Gasteiger partial charge in [-0.05, 0) is 36.8 Å². The molecule has 0 atom stereocenters. The van der Waals surface area contributed by atoms with Gasteiger partial charge in [-0.1, -0.05) is 29.3 Å². The number of aryl methyl sites for hydroxylation is 1. The van der Waals surface area contributed by atoms with E-state index in [1.807, 2.05) is 6.07 Å². The van der Waals surface area contributed by atoms with Gasteiger partial charge in [-0.3, -0.25) is 4.79 Å². The fraction of sp³-hybridized carbons (Fsp3) is 0.154. The second-order valence-corrected chi connectivity index (χ2v) is 4.70. The van der Waals surface area contributed by atoms with E-state index in [0.717, 1.165) is 5.56 Å². The molecule has 17 heavy (non-hydrogen) atoms. The van der Waals surface area contributed by atoms with E-state index in [-0.39, 0.29) is 5.56 Å². The zero-order valence-electron chi connectivity index (χ0n) is 9.28. The summed E-state index contributed by atoms with van der Waals surface area (Å²) in [5.41, 5.74) is 1.54. The van der Waals surface area contributed by atoms with Crippen molar-refractivity contribution in [1.82, 2.24) is 4.57 Å². The van der Waals surface area contributed by atoms with Gasteiger partial charge >= 0.3 is 0 Å². The van der Waals surface area contributed by atoms with Crippen molar-refractivity contribution in [3.63, 3.8) is 0 Å². The summed E-state index contributed by atoms with van der Waals surface area (Å²) in [5.74, 6) is 0. The average molecular weight is 268 g/mol. The van der Waals surface area contributed by atoms with Crippen LogP contribution in [0.25, 0.3) is 0 Å². The van der Waals surface area contributed by atoms with Crippen LogP contribution in [0, 0.1) is 6.92 Å². The Morgan fingerprint density at radius 2 is 2.00 bits per heavy atom. The van der Waals surface area contributed by atoms with Crippen LogP contribution in [0.15, 0.2) is 41.3 Å². The van der Waals surface area contributed by atoms with E-state index in [2.05, 4.69) is 0 Å². The molecule has 1 aromatic heterocycles. The fourth-order valence-electron chi connectivity index (χ4n) is 1.63. The summed E-state index contributed by atoms with van der Waals surface area (Å²) in [6.07, 6.45) is 1.74. The predicted molar refractivity (Wildman–Crippen MR) is 71.0 cm³/mol. The third kappa shape index (κ3) is 2.71. The molecule has 1 aromatic carbocycles. The van der Waals surface area contributed by atoms with Crippen molar-refractivity contribution >= 4 is 23.2 Å². The summed E-state index contributed by atoms with van der Waals surface area (Å²) < 4.78 is 1.62. The van der Waals surface area contributed by atoms with Crippen LogP contribution in [0.1, 0.15) is 11.1 Å². The van der Waals surface area contributed by atoms with Crippen molar-refractivity contribution in [2.45, 2.75) is 13.5 Å². The van der Waals surface area contributed by atoms with E-state index < -0.39 is 0 Å². The molecule has 0 saturated heterocycles. The Labute approximate surface area is 109 Å². The fourth-order valence-corrected chi connectivity index (χ4v) is 2.00. The summed E-state index contributed by atoms with van der Waals surface area (Å²) in [4.78, 5) is 11.9. The van der Waals surface area contributed by atoms with E-state index in [9.17, 15) is 4.79 Å². The second kappa shape index (κ2) is 4.94. The Kier molecular flexibility index (Phi) is 3.55. The van der Waals surface area contributed by atoms with Crippen molar-refractivity contribution in [1.29, 1.82) is 0 Å². The van der Waals surface area contributed by atoms with Gasteiger partial charge in [0.2, 0.25) is 0 Å². The van der Waals surface area contributed by atoms with Gasteiger partial charge in [0.25, 0.3) is 5.56 Å². The van der Waals surface area contributed by atoms with Crippen LogP contribution >= 0.6 is 23.2 Å². The maximum Gasteiger partial charge on any atom is 0.253 e. The number of nitrogens with zero attached hydrogens (tertiary/aromatic N) is 1. The van der Waals surface area contributed by atoms with E-state index in [1.54, 1.807) is 42.0 Å². The first-order valence-electron chi connectivity index (χ1n) is 5.18. The van der Waals surface area contributed by atoms with Crippen molar-refractivity contribution in [2.75, 3.05) is 0 Å². The van der Waals surface area contributed by atoms with Gasteiger partial charge in [-0.15, -0.1) is 0 Å². The Hall–Kier alpha value is -1.25. The highest BCUT2D eigenvalue weighted by Crippen LogP contribution is 2.21. The summed E-state index contributed by atoms with van der Waals surface area (Å²) in [7, 11) is 0. The van der Waals surface area contributed by atoms with Crippen molar-refractivity contribution in [3.8, 4) is 0 Å². The third-order valence-corrected chi connectivity index (χ3v) is 3.16. The molecule has 0 amide bonds. The Bertz CT molecular complexity index is 605. The van der Waals surface area contributed by atoms with Gasteiger partial charge < -0.3 is 4.57 Å². The third-order valence-electron chi connectivity index (χ3n) is 2.56. The molecule has 0 aliphatic heterocycles. The molecule has 2 nitrogen and oxygen atoms in total. The van der Waals surface area contributed by atoms with Crippen molar-refractivity contribution < 1.29 is 0 Å². The highest BCUT2D eigenvalue weighted by atomic mass is 35.5. The lowest BCUT2D eigenvalue weighted by atomic mass is 10.2. The molecule has 88 valence electrons. The standard InChI is InChI=1S/C13H11Cl2NO/c1-9-3-2-6-16(13(9)17)8-10-7-11(14)4-5-12(10)15/h2-7H,8H2,1H3. The zero-order valence-corrected chi connectivity index (χ0v) is 10.8. The number of halogens is 2. The van der Waals surface area contributed by atoms with E-state index in [0.29, 0.717) is 22.2 Å². The summed E-state index contributed by atoms with van der Waals surface area (Å²) in [6.45, 7) is 2.22. The van der Waals surface area contributed by atoms with E-state index in [4.69, 9.17) is 23.2 Å². The minimum atomic E-state index is -0.0106. The smallest absolute Gasteiger partial charge is 0.253 e. The largest absolute Gasteiger partial charge is 0.311 e. The van der Waals surface area contributed by atoms with Gasteiger partial charge in [-0.25, -0.2) is 0 Å². The number of hydrogen-bond donors (Lipinski definition) is 0. The molecular weight excluding hydrogens is 257 g/mol. The average Bonchev–Trinajstić information content (AvgIpc) is 2.30. The Morgan fingerprint density at radius 1 is 1.24 bits per heavy atom. The molecule has 2 rings (SSSR count). The topological polar surface area (TPSA) is 22.0 Å². The molecule has 2 aromatic rings. The first kappa shape index (κ1) is 12.2. The summed E-state index contributed by atoms with van der Waals surface area (Å²) in [6, 6.07) is 8.87. The highest BCUT2D eigenvalue weighted by molar-refractivity contribution is 6.33. The van der Waals surface area contributed by atoms with Crippen molar-refractivity contribution in [3.05, 3.63) is 68.1 Å². The van der Waals surface area contributed by atoms with Crippen LogP contribution in [0.3, 0.4) is 0 Å². The van der Waals surface area contributed by atoms with Gasteiger partial charge in [0.15, 0.2) is 0 Å². The minimum Gasteiger partial charge on any atom is -0.311 e. The van der Waals surface area contributed by atoms with E-state index in [1.165, 1.54) is 0 Å². The summed E-state index contributed by atoms with van der Waals surface area (Å²) >= 11 is 12.0. The molecule has 0 fully saturated rings. The van der Waals surface area contributed by atoms with E-state index >= 15 is 0 Å². The first-order valence-corrected chi connectivity index (χ1v) is 5.93. The molecular formula is C13H11Cl2NO. The van der Waals surface area contributed by atoms with Crippen LogP contribution in [0.5, 0.6) is 0 Å². The molecule has 0 aliphatic carbocycles. The number of aromatic nitrogens is 1. The number of benzene rings is 1. The van der Waals surface area contributed by atoms with Crippen LogP contribution in [0.2, 0.25) is 10.0 Å². The van der Waals surface area contributed by atoms with Gasteiger partial charge in [0, 0.05) is 21.8 Å². The van der Waals surface area contributed by atoms with Gasteiger partial charge in [-0.2, -0.15) is 0 Å². The van der Waals surface area contributed by atoms with Crippen LogP contribution in [-0.2, 0) is 6.54 Å². The normalized spacial score (nSPS) is 10.5. The maximum absolute atomic E-state index is 11.9. The van der Waals surface area contributed by atoms with Crippen LogP contribution in [-0.4, -0.2) is 4.57 Å². The minimum absolute atomic E-state index is 0.0106. The highest BCUT2D eigenvalue weighted by Gasteiger charge is 2.04. The second-order valence-electron chi connectivity index (χ2n) is 3.86. The monoisotopic (exact) mass is 267 g/mol. The van der Waals surface area contributed by atoms with Crippen LogP contribution in [0.4, 0.5) is 0 Å². The molecule has 0 N–H and O–H groups in total. The Balaban J connectivity index is 2.41. The van der Waals surface area contributed by atoms with Crippen LogP contribution < -0.4 is 5.56 Å². The lowest BCUT2D eigenvalue weighted by Crippen LogP contribution is -2.21. The maximum atomic E-state index is 11.9. The molecule has 0 aliphatic rings.